The summed E-state index contributed by atoms with van der Waals surface area (Å²) >= 11 is 0. The van der Waals surface area contributed by atoms with Gasteiger partial charge in [-0.1, -0.05) is 88.1 Å². The van der Waals surface area contributed by atoms with E-state index >= 15 is 0 Å². The third kappa shape index (κ3) is 6.14. The molecule has 30 heavy (non-hydrogen) atoms. The summed E-state index contributed by atoms with van der Waals surface area (Å²) in [4.78, 5) is 25.0. The number of hydrogen-bond donors (Lipinski definition) is 0. The van der Waals surface area contributed by atoms with Crippen LogP contribution in [0.15, 0.2) is 48.5 Å². The van der Waals surface area contributed by atoms with Crippen LogP contribution in [0.1, 0.15) is 76.3 Å². The van der Waals surface area contributed by atoms with Crippen LogP contribution in [0.5, 0.6) is 0 Å². The van der Waals surface area contributed by atoms with Crippen LogP contribution in [-0.2, 0) is 22.4 Å². The predicted molar refractivity (Wildman–Crippen MR) is 125 cm³/mol. The first-order valence-electron chi connectivity index (χ1n) is 11.8. The number of aryl methyl sites for hydroxylation is 1. The highest BCUT2D eigenvalue weighted by Gasteiger charge is 2.32. The van der Waals surface area contributed by atoms with Gasteiger partial charge < -0.3 is 0 Å². The minimum absolute atomic E-state index is 0.0923. The van der Waals surface area contributed by atoms with Crippen LogP contribution in [-0.4, -0.2) is 11.6 Å². The summed E-state index contributed by atoms with van der Waals surface area (Å²) in [5, 5.41) is 0. The molecule has 0 aromatic heterocycles. The topological polar surface area (TPSA) is 34.1 Å². The van der Waals surface area contributed by atoms with E-state index in [1.54, 1.807) is 0 Å². The molecule has 0 saturated heterocycles. The molecule has 3 rings (SSSR count). The van der Waals surface area contributed by atoms with E-state index in [0.29, 0.717) is 18.8 Å². The van der Waals surface area contributed by atoms with Crippen LogP contribution < -0.4 is 0 Å². The van der Waals surface area contributed by atoms with Crippen LogP contribution in [0.3, 0.4) is 0 Å². The Balaban J connectivity index is 1.54. The highest BCUT2D eigenvalue weighted by atomic mass is 16.1. The Morgan fingerprint density at radius 2 is 1.47 bits per heavy atom. The summed E-state index contributed by atoms with van der Waals surface area (Å²) in [6.45, 7) is 4.37. The van der Waals surface area contributed by atoms with E-state index in [0.717, 1.165) is 31.2 Å². The van der Waals surface area contributed by atoms with E-state index < -0.39 is 0 Å². The monoisotopic (exact) mass is 404 g/mol. The molecule has 1 aliphatic carbocycles. The summed E-state index contributed by atoms with van der Waals surface area (Å²) < 4.78 is 0. The third-order valence-electron chi connectivity index (χ3n) is 6.65. The summed E-state index contributed by atoms with van der Waals surface area (Å²) in [5.74, 6) is 0.347. The van der Waals surface area contributed by atoms with E-state index in [4.69, 9.17) is 0 Å². The largest absolute Gasteiger partial charge is 0.299 e. The van der Waals surface area contributed by atoms with E-state index in [2.05, 4.69) is 50.2 Å². The maximum absolute atomic E-state index is 12.7. The van der Waals surface area contributed by atoms with Crippen LogP contribution in [0, 0.1) is 11.8 Å². The molecule has 0 heterocycles. The first kappa shape index (κ1) is 22.5. The summed E-state index contributed by atoms with van der Waals surface area (Å²) in [7, 11) is 0. The normalized spacial score (nSPS) is 19.1. The Labute approximate surface area is 182 Å². The van der Waals surface area contributed by atoms with Gasteiger partial charge in [0.1, 0.15) is 11.6 Å². The Kier molecular flexibility index (Phi) is 8.42. The van der Waals surface area contributed by atoms with E-state index in [1.807, 2.05) is 12.1 Å². The lowest BCUT2D eigenvalue weighted by Gasteiger charge is -2.25. The fourth-order valence-corrected chi connectivity index (χ4v) is 4.54. The van der Waals surface area contributed by atoms with Crippen molar-refractivity contribution in [3.63, 3.8) is 0 Å². The highest BCUT2D eigenvalue weighted by Crippen LogP contribution is 2.29. The minimum Gasteiger partial charge on any atom is -0.299 e. The molecule has 2 heteroatoms. The molecule has 0 bridgehead atoms. The van der Waals surface area contributed by atoms with Crippen LogP contribution in [0.4, 0.5) is 0 Å². The average Bonchev–Trinajstić information content (AvgIpc) is 2.77. The maximum atomic E-state index is 12.7. The zero-order valence-corrected chi connectivity index (χ0v) is 18.7. The van der Waals surface area contributed by atoms with Crippen molar-refractivity contribution in [2.24, 2.45) is 11.8 Å². The van der Waals surface area contributed by atoms with Gasteiger partial charge in [0.2, 0.25) is 0 Å². The number of rotatable bonds is 10. The van der Waals surface area contributed by atoms with Gasteiger partial charge in [0.25, 0.3) is 0 Å². The number of Topliss-reactive ketones (excluding diaryl/α,β-unsaturated/α-hetero) is 2. The van der Waals surface area contributed by atoms with Gasteiger partial charge >= 0.3 is 0 Å². The number of carbonyl (C=O) groups is 2. The Hall–Kier alpha value is -2.22. The zero-order chi connectivity index (χ0) is 21.3. The number of ketones is 2. The predicted octanol–water partition coefficient (Wildman–Crippen LogP) is 6.98. The third-order valence-corrected chi connectivity index (χ3v) is 6.65. The van der Waals surface area contributed by atoms with Gasteiger partial charge in [-0.25, -0.2) is 0 Å². The molecule has 2 nitrogen and oxygen atoms in total. The van der Waals surface area contributed by atoms with Gasteiger partial charge in [0.15, 0.2) is 0 Å². The van der Waals surface area contributed by atoms with Crippen molar-refractivity contribution >= 4 is 11.6 Å². The average molecular weight is 405 g/mol. The molecule has 0 N–H and O–H groups in total. The Bertz CT molecular complexity index is 817. The van der Waals surface area contributed by atoms with Gasteiger partial charge in [0.05, 0.1) is 5.92 Å². The summed E-state index contributed by atoms with van der Waals surface area (Å²) in [6, 6.07) is 17.1. The SMILES string of the molecule is CCCCCCc1ccc(-c2ccc(CC(=O)C3CCC(CC)CC3=O)cc2)cc1. The fourth-order valence-electron chi connectivity index (χ4n) is 4.54. The molecule has 0 amide bonds. The molecule has 0 radical (unpaired) electrons. The maximum Gasteiger partial charge on any atom is 0.147 e. The van der Waals surface area contributed by atoms with Crippen molar-refractivity contribution in [2.45, 2.75) is 78.1 Å². The fraction of sp³-hybridized carbons (Fsp3) is 0.500. The second-order valence-electron chi connectivity index (χ2n) is 8.92. The minimum atomic E-state index is -0.377. The lowest BCUT2D eigenvalue weighted by molar-refractivity contribution is -0.135. The highest BCUT2D eigenvalue weighted by molar-refractivity contribution is 6.03. The molecular weight excluding hydrogens is 368 g/mol. The number of benzene rings is 2. The molecule has 1 saturated carbocycles. The molecule has 2 unspecified atom stereocenters. The van der Waals surface area contributed by atoms with Crippen LogP contribution in [0.2, 0.25) is 0 Å². The molecule has 1 fully saturated rings. The lowest BCUT2D eigenvalue weighted by Crippen LogP contribution is -2.31. The molecule has 1 aliphatic rings. The van der Waals surface area contributed by atoms with Gasteiger partial charge in [-0.2, -0.15) is 0 Å². The molecule has 160 valence electrons. The van der Waals surface area contributed by atoms with Crippen molar-refractivity contribution in [2.75, 3.05) is 0 Å². The van der Waals surface area contributed by atoms with Crippen LogP contribution >= 0.6 is 0 Å². The van der Waals surface area contributed by atoms with Crippen molar-refractivity contribution < 1.29 is 9.59 Å². The first-order valence-corrected chi connectivity index (χ1v) is 11.8. The molecule has 2 aromatic rings. The molecule has 0 spiro atoms. The Morgan fingerprint density at radius 1 is 0.833 bits per heavy atom. The Morgan fingerprint density at radius 3 is 2.03 bits per heavy atom. The van der Waals surface area contributed by atoms with Crippen LogP contribution in [0.25, 0.3) is 11.1 Å². The van der Waals surface area contributed by atoms with Crippen molar-refractivity contribution in [1.82, 2.24) is 0 Å². The van der Waals surface area contributed by atoms with E-state index in [9.17, 15) is 9.59 Å². The van der Waals surface area contributed by atoms with E-state index in [-0.39, 0.29) is 17.5 Å². The molecular formula is C28H36O2. The second kappa shape index (κ2) is 11.2. The first-order chi connectivity index (χ1) is 14.6. The molecule has 0 aliphatic heterocycles. The standard InChI is InChI=1S/C28H36O2/c1-3-5-6-7-8-22-9-14-24(15-10-22)25-16-11-23(12-17-25)20-28(30)26-18-13-21(4-2)19-27(26)29/h9-12,14-17,21,26H,3-8,13,18-20H2,1-2H3. The summed E-state index contributed by atoms with van der Waals surface area (Å²) in [6.07, 6.45) is 10.0. The van der Waals surface area contributed by atoms with Crippen molar-refractivity contribution in [3.05, 3.63) is 59.7 Å². The lowest BCUT2D eigenvalue weighted by atomic mass is 9.77. The van der Waals surface area contributed by atoms with Gasteiger partial charge in [0, 0.05) is 12.8 Å². The molecule has 2 atom stereocenters. The van der Waals surface area contributed by atoms with Gasteiger partial charge in [-0.15, -0.1) is 0 Å². The number of hydrogen-bond acceptors (Lipinski definition) is 2. The quantitative estimate of drug-likeness (QED) is 0.316. The number of unbranched alkanes of at least 4 members (excludes halogenated alkanes) is 3. The number of carbonyl (C=O) groups excluding carboxylic acids is 2. The molecule has 2 aromatic carbocycles. The second-order valence-corrected chi connectivity index (χ2v) is 8.92. The van der Waals surface area contributed by atoms with Gasteiger partial charge in [-0.3, -0.25) is 9.59 Å². The zero-order valence-electron chi connectivity index (χ0n) is 18.7. The van der Waals surface area contributed by atoms with Crippen molar-refractivity contribution in [1.29, 1.82) is 0 Å². The van der Waals surface area contributed by atoms with Crippen molar-refractivity contribution in [3.8, 4) is 11.1 Å². The smallest absolute Gasteiger partial charge is 0.147 e. The van der Waals surface area contributed by atoms with E-state index in [1.165, 1.54) is 42.4 Å². The summed E-state index contributed by atoms with van der Waals surface area (Å²) in [5.41, 5.74) is 4.78. The van der Waals surface area contributed by atoms with Gasteiger partial charge in [-0.05, 0) is 53.9 Å².